The van der Waals surface area contributed by atoms with Crippen molar-refractivity contribution in [3.8, 4) is 11.5 Å². The van der Waals surface area contributed by atoms with Gasteiger partial charge in [-0.15, -0.1) is 0 Å². The molecule has 0 bridgehead atoms. The average molecular weight is 643 g/mol. The van der Waals surface area contributed by atoms with Crippen LogP contribution < -0.4 is 20.1 Å². The van der Waals surface area contributed by atoms with Gasteiger partial charge in [-0.1, -0.05) is 142 Å². The van der Waals surface area contributed by atoms with E-state index in [2.05, 4.69) is 177 Å². The molecule has 0 amide bonds. The molecule has 2 unspecified atom stereocenters. The summed E-state index contributed by atoms with van der Waals surface area (Å²) in [6.07, 6.45) is 6.15. The smallest absolute Gasteiger partial charge is 0.196 e. The molecule has 0 radical (unpaired) electrons. The van der Waals surface area contributed by atoms with E-state index in [1.54, 1.807) is 0 Å². The van der Waals surface area contributed by atoms with Crippen molar-refractivity contribution in [2.45, 2.75) is 105 Å². The van der Waals surface area contributed by atoms with Crippen LogP contribution in [0, 0.1) is 10.8 Å². The minimum absolute atomic E-state index is 0.0855. The third-order valence-electron chi connectivity index (χ3n) is 9.48. The molecule has 0 saturated heterocycles. The molecule has 4 aromatic rings. The SMILES string of the molecule is CC(C)(C)CC(C)(C)c1ccc2c(c1)NC(c1ccc(/C=C/c3ccc(C4Nc5cc(C(C)(C)CC(C)(C)C)ccc5O4)cc3)cc1)O2. The molecule has 2 heterocycles. The molecule has 0 fully saturated rings. The zero-order valence-electron chi connectivity index (χ0n) is 30.6. The van der Waals surface area contributed by atoms with Crippen molar-refractivity contribution in [3.05, 3.63) is 118 Å². The number of anilines is 2. The van der Waals surface area contributed by atoms with E-state index in [0.29, 0.717) is 0 Å². The molecule has 2 N–H and O–H groups in total. The maximum absolute atomic E-state index is 6.30. The Bertz CT molecular complexity index is 1650. The second kappa shape index (κ2) is 12.4. The number of benzene rings is 4. The monoisotopic (exact) mass is 642 g/mol. The predicted molar refractivity (Wildman–Crippen MR) is 203 cm³/mol. The van der Waals surface area contributed by atoms with Gasteiger partial charge in [-0.25, -0.2) is 0 Å². The fraction of sp³-hybridized carbons (Fsp3) is 0.409. The first-order valence-electron chi connectivity index (χ1n) is 17.5. The lowest BCUT2D eigenvalue weighted by atomic mass is 9.72. The Balaban J connectivity index is 1.05. The molecule has 0 saturated carbocycles. The number of ether oxygens (including phenoxy) is 2. The largest absolute Gasteiger partial charge is 0.464 e. The first-order chi connectivity index (χ1) is 22.4. The van der Waals surface area contributed by atoms with Gasteiger partial charge in [-0.2, -0.15) is 0 Å². The van der Waals surface area contributed by atoms with Crippen LogP contribution in [0.5, 0.6) is 11.5 Å². The van der Waals surface area contributed by atoms with Crippen molar-refractivity contribution in [3.63, 3.8) is 0 Å². The van der Waals surface area contributed by atoms with E-state index in [-0.39, 0.29) is 34.1 Å². The minimum Gasteiger partial charge on any atom is -0.464 e. The van der Waals surface area contributed by atoms with Gasteiger partial charge in [0.05, 0.1) is 11.4 Å². The van der Waals surface area contributed by atoms with Crippen molar-refractivity contribution in [1.82, 2.24) is 0 Å². The van der Waals surface area contributed by atoms with E-state index < -0.39 is 0 Å². The topological polar surface area (TPSA) is 42.5 Å². The van der Waals surface area contributed by atoms with E-state index in [1.165, 1.54) is 11.1 Å². The Kier molecular flexibility index (Phi) is 8.68. The van der Waals surface area contributed by atoms with Gasteiger partial charge < -0.3 is 20.1 Å². The highest BCUT2D eigenvalue weighted by Crippen LogP contribution is 2.45. The third kappa shape index (κ3) is 7.75. The number of hydrogen-bond donors (Lipinski definition) is 2. The van der Waals surface area contributed by atoms with E-state index in [0.717, 1.165) is 58.0 Å². The first kappa shape index (κ1) is 33.7. The summed E-state index contributed by atoms with van der Waals surface area (Å²) in [4.78, 5) is 0. The Labute approximate surface area is 289 Å². The zero-order valence-corrected chi connectivity index (χ0v) is 30.6. The first-order valence-corrected chi connectivity index (χ1v) is 17.5. The highest BCUT2D eigenvalue weighted by atomic mass is 16.5. The zero-order chi connectivity index (χ0) is 34.5. The Morgan fingerprint density at radius 3 is 1.19 bits per heavy atom. The Morgan fingerprint density at radius 1 is 0.500 bits per heavy atom. The van der Waals surface area contributed by atoms with Gasteiger partial charge in [-0.3, -0.25) is 0 Å². The van der Waals surface area contributed by atoms with Crippen LogP contribution in [0.1, 0.15) is 128 Å². The Hall–Kier alpha value is -4.18. The summed E-state index contributed by atoms with van der Waals surface area (Å²) in [7, 11) is 0. The lowest BCUT2D eigenvalue weighted by Crippen LogP contribution is -2.24. The summed E-state index contributed by atoms with van der Waals surface area (Å²) >= 11 is 0. The van der Waals surface area contributed by atoms with Crippen LogP contribution in [-0.4, -0.2) is 0 Å². The Morgan fingerprint density at radius 2 is 0.854 bits per heavy atom. The second-order valence-corrected chi connectivity index (χ2v) is 17.6. The molecule has 4 heteroatoms. The molecule has 4 aromatic carbocycles. The molecule has 2 aliphatic heterocycles. The maximum atomic E-state index is 6.30. The molecule has 2 aliphatic rings. The van der Waals surface area contributed by atoms with Crippen molar-refractivity contribution in [2.24, 2.45) is 10.8 Å². The molecule has 4 nitrogen and oxygen atoms in total. The highest BCUT2D eigenvalue weighted by Gasteiger charge is 2.32. The molecule has 252 valence electrons. The van der Waals surface area contributed by atoms with Crippen molar-refractivity contribution < 1.29 is 9.47 Å². The number of rotatable bonds is 8. The van der Waals surface area contributed by atoms with Crippen LogP contribution in [-0.2, 0) is 10.8 Å². The molecule has 48 heavy (non-hydrogen) atoms. The van der Waals surface area contributed by atoms with Crippen LogP contribution in [0.3, 0.4) is 0 Å². The van der Waals surface area contributed by atoms with Crippen LogP contribution in [0.4, 0.5) is 11.4 Å². The van der Waals surface area contributed by atoms with Gasteiger partial charge in [-0.05, 0) is 81.0 Å². The molecule has 6 rings (SSSR count). The van der Waals surface area contributed by atoms with Gasteiger partial charge in [0, 0.05) is 11.1 Å². The number of nitrogens with one attached hydrogen (secondary N) is 2. The summed E-state index contributed by atoms with van der Waals surface area (Å²) in [5.74, 6) is 1.82. The van der Waals surface area contributed by atoms with Gasteiger partial charge in [0.15, 0.2) is 12.5 Å². The fourth-order valence-electron chi connectivity index (χ4n) is 7.84. The normalized spacial score (nSPS) is 17.7. The van der Waals surface area contributed by atoms with Crippen molar-refractivity contribution in [1.29, 1.82) is 0 Å². The van der Waals surface area contributed by atoms with E-state index in [1.807, 2.05) is 0 Å². The predicted octanol–water partition coefficient (Wildman–Crippen LogP) is 12.3. The number of fused-ring (bicyclic) bond motifs is 2. The summed E-state index contributed by atoms with van der Waals surface area (Å²) < 4.78 is 12.6. The molecule has 2 atom stereocenters. The molecule has 0 aromatic heterocycles. The number of hydrogen-bond acceptors (Lipinski definition) is 4. The third-order valence-corrected chi connectivity index (χ3v) is 9.48. The molecular weight excluding hydrogens is 588 g/mol. The fourth-order valence-corrected chi connectivity index (χ4v) is 7.84. The lowest BCUT2D eigenvalue weighted by Gasteiger charge is -2.33. The van der Waals surface area contributed by atoms with Gasteiger partial charge in [0.1, 0.15) is 11.5 Å². The van der Waals surface area contributed by atoms with Crippen molar-refractivity contribution in [2.75, 3.05) is 10.6 Å². The van der Waals surface area contributed by atoms with Gasteiger partial charge in [0.25, 0.3) is 0 Å². The summed E-state index contributed by atoms with van der Waals surface area (Å²) in [5.41, 5.74) is 10.0. The van der Waals surface area contributed by atoms with E-state index in [9.17, 15) is 0 Å². The standard InChI is InChI=1S/C44H54N2O2/c1-41(2,3)27-43(7,8)33-21-23-37-35(25-33)45-39(47-37)31-17-13-29(14-18-31)11-12-30-15-19-32(20-16-30)40-46-36-26-34(22-24-38(36)48-40)44(9,10)28-42(4,5)6/h11-26,39-40,45-46H,27-28H2,1-10H3/b12-11+. The van der Waals surface area contributed by atoms with Crippen LogP contribution in [0.15, 0.2) is 84.9 Å². The van der Waals surface area contributed by atoms with E-state index in [4.69, 9.17) is 9.47 Å². The molecular formula is C44H54N2O2. The van der Waals surface area contributed by atoms with Gasteiger partial charge in [0.2, 0.25) is 0 Å². The lowest BCUT2D eigenvalue weighted by molar-refractivity contribution is 0.259. The van der Waals surface area contributed by atoms with Gasteiger partial charge >= 0.3 is 0 Å². The highest BCUT2D eigenvalue weighted by molar-refractivity contribution is 5.70. The van der Waals surface area contributed by atoms with Crippen LogP contribution >= 0.6 is 0 Å². The quantitative estimate of drug-likeness (QED) is 0.188. The second-order valence-electron chi connectivity index (χ2n) is 17.6. The summed E-state index contributed by atoms with van der Waals surface area (Å²) in [6.45, 7) is 23.2. The van der Waals surface area contributed by atoms with E-state index >= 15 is 0 Å². The average Bonchev–Trinajstić information content (AvgIpc) is 3.62. The van der Waals surface area contributed by atoms with Crippen LogP contribution in [0.25, 0.3) is 12.2 Å². The minimum atomic E-state index is -0.189. The summed E-state index contributed by atoms with van der Waals surface area (Å²) in [5, 5.41) is 7.20. The van der Waals surface area contributed by atoms with Crippen molar-refractivity contribution >= 4 is 23.5 Å². The summed E-state index contributed by atoms with van der Waals surface area (Å²) in [6, 6.07) is 30.4. The molecule has 0 spiro atoms. The van der Waals surface area contributed by atoms with Crippen LogP contribution in [0.2, 0.25) is 0 Å². The maximum Gasteiger partial charge on any atom is 0.196 e. The molecule has 0 aliphatic carbocycles.